The number of carbonyl (C=O) groups is 2. The molecule has 1 N–H and O–H groups in total. The molecule has 1 heterocycles. The third kappa shape index (κ3) is 3.94. The maximum absolute atomic E-state index is 12.8. The third-order valence-corrected chi connectivity index (χ3v) is 4.37. The molecule has 1 aliphatic heterocycles. The summed E-state index contributed by atoms with van der Waals surface area (Å²) < 4.78 is 77.0. The first-order chi connectivity index (χ1) is 11.9. The van der Waals surface area contributed by atoms with E-state index in [4.69, 9.17) is 0 Å². The van der Waals surface area contributed by atoms with Crippen LogP contribution in [0.25, 0.3) is 0 Å². The SMILES string of the molecule is O=C(Nc1cc(C(F)(F)F)cc(C(F)(F)F)c1)C1CC(=O)N(C2CC2)C1. The van der Waals surface area contributed by atoms with Gasteiger partial charge in [-0.1, -0.05) is 0 Å². The molecule has 2 amide bonds. The molecule has 2 aliphatic rings. The van der Waals surface area contributed by atoms with E-state index < -0.39 is 41.0 Å². The van der Waals surface area contributed by atoms with Crippen LogP contribution in [0.4, 0.5) is 32.0 Å². The minimum Gasteiger partial charge on any atom is -0.339 e. The molecule has 1 saturated heterocycles. The van der Waals surface area contributed by atoms with E-state index in [1.165, 1.54) is 4.90 Å². The van der Waals surface area contributed by atoms with Crippen molar-refractivity contribution in [1.82, 2.24) is 4.90 Å². The Morgan fingerprint density at radius 1 is 1.00 bits per heavy atom. The van der Waals surface area contributed by atoms with Crippen LogP contribution in [0.3, 0.4) is 0 Å². The zero-order valence-electron chi connectivity index (χ0n) is 13.2. The first kappa shape index (κ1) is 18.5. The van der Waals surface area contributed by atoms with Crippen molar-refractivity contribution in [3.63, 3.8) is 0 Å². The molecular formula is C16H14F6N2O2. The molecule has 1 aliphatic carbocycles. The average molecular weight is 380 g/mol. The highest BCUT2D eigenvalue weighted by Crippen LogP contribution is 2.38. The van der Waals surface area contributed by atoms with Crippen LogP contribution in [0, 0.1) is 5.92 Å². The molecule has 0 aromatic heterocycles. The predicted octanol–water partition coefficient (Wildman–Crippen LogP) is 3.67. The smallest absolute Gasteiger partial charge is 0.339 e. The van der Waals surface area contributed by atoms with Crippen LogP contribution < -0.4 is 5.32 Å². The summed E-state index contributed by atoms with van der Waals surface area (Å²) in [7, 11) is 0. The number of nitrogens with one attached hydrogen (secondary N) is 1. The fourth-order valence-electron chi connectivity index (χ4n) is 2.92. The molecule has 1 atom stereocenters. The molecule has 0 bridgehead atoms. The number of anilines is 1. The maximum Gasteiger partial charge on any atom is 0.416 e. The number of hydrogen-bond acceptors (Lipinski definition) is 2. The molecule has 3 rings (SSSR count). The molecule has 4 nitrogen and oxygen atoms in total. The van der Waals surface area contributed by atoms with E-state index >= 15 is 0 Å². The van der Waals surface area contributed by atoms with E-state index in [9.17, 15) is 35.9 Å². The van der Waals surface area contributed by atoms with Crippen molar-refractivity contribution >= 4 is 17.5 Å². The molecule has 0 radical (unpaired) electrons. The van der Waals surface area contributed by atoms with Gasteiger partial charge in [-0.2, -0.15) is 26.3 Å². The number of halogens is 6. The third-order valence-electron chi connectivity index (χ3n) is 4.37. The minimum absolute atomic E-state index is 0.0103. The van der Waals surface area contributed by atoms with Gasteiger partial charge >= 0.3 is 12.4 Å². The van der Waals surface area contributed by atoms with Crippen LogP contribution in [0.15, 0.2) is 18.2 Å². The molecule has 0 spiro atoms. The maximum atomic E-state index is 12.8. The van der Waals surface area contributed by atoms with Crippen molar-refractivity contribution < 1.29 is 35.9 Å². The second-order valence-electron chi connectivity index (χ2n) is 6.46. The lowest BCUT2D eigenvalue weighted by atomic mass is 10.1. The van der Waals surface area contributed by atoms with Gasteiger partial charge in [-0.15, -0.1) is 0 Å². The monoisotopic (exact) mass is 380 g/mol. The van der Waals surface area contributed by atoms with Crippen LogP contribution in [-0.2, 0) is 21.9 Å². The molecule has 26 heavy (non-hydrogen) atoms. The lowest BCUT2D eigenvalue weighted by molar-refractivity contribution is -0.143. The first-order valence-electron chi connectivity index (χ1n) is 7.85. The quantitative estimate of drug-likeness (QED) is 0.814. The Hall–Kier alpha value is -2.26. The van der Waals surface area contributed by atoms with E-state index in [-0.39, 0.29) is 31.0 Å². The van der Waals surface area contributed by atoms with Gasteiger partial charge in [-0.05, 0) is 31.0 Å². The van der Waals surface area contributed by atoms with Crippen LogP contribution in [0.5, 0.6) is 0 Å². The lowest BCUT2D eigenvalue weighted by Crippen LogP contribution is -2.30. The van der Waals surface area contributed by atoms with E-state index in [1.807, 2.05) is 0 Å². The number of nitrogens with zero attached hydrogens (tertiary/aromatic N) is 1. The molecule has 1 unspecified atom stereocenters. The van der Waals surface area contributed by atoms with Crippen molar-refractivity contribution in [1.29, 1.82) is 0 Å². The Bertz CT molecular complexity index is 707. The number of rotatable bonds is 3. The van der Waals surface area contributed by atoms with Gasteiger partial charge in [0.1, 0.15) is 0 Å². The normalized spacial score (nSPS) is 21.2. The van der Waals surface area contributed by atoms with Gasteiger partial charge in [0.2, 0.25) is 11.8 Å². The number of hydrogen-bond donors (Lipinski definition) is 1. The summed E-state index contributed by atoms with van der Waals surface area (Å²) in [5.41, 5.74) is -3.62. The van der Waals surface area contributed by atoms with Crippen LogP contribution in [0.1, 0.15) is 30.4 Å². The first-order valence-corrected chi connectivity index (χ1v) is 7.85. The van der Waals surface area contributed by atoms with Gasteiger partial charge < -0.3 is 10.2 Å². The highest BCUT2D eigenvalue weighted by Gasteiger charge is 2.42. The zero-order valence-corrected chi connectivity index (χ0v) is 13.2. The van der Waals surface area contributed by atoms with Crippen LogP contribution in [-0.4, -0.2) is 29.3 Å². The largest absolute Gasteiger partial charge is 0.416 e. The van der Waals surface area contributed by atoms with Crippen LogP contribution in [0.2, 0.25) is 0 Å². The highest BCUT2D eigenvalue weighted by atomic mass is 19.4. The number of benzene rings is 1. The Morgan fingerprint density at radius 3 is 2.00 bits per heavy atom. The molecule has 1 aromatic carbocycles. The molecule has 142 valence electrons. The van der Waals surface area contributed by atoms with Crippen molar-refractivity contribution in [2.45, 2.75) is 37.7 Å². The molecule has 1 saturated carbocycles. The second kappa shape index (κ2) is 6.17. The standard InChI is InChI=1S/C16H14F6N2O2/c17-15(18,19)9-4-10(16(20,21)22)6-11(5-9)23-14(26)8-3-13(25)24(7-8)12-1-2-12/h4-6,8,12H,1-3,7H2,(H,23,26). The van der Waals surface area contributed by atoms with E-state index in [0.29, 0.717) is 12.1 Å². The zero-order chi connectivity index (χ0) is 19.3. The van der Waals surface area contributed by atoms with Gasteiger partial charge in [-0.25, -0.2) is 0 Å². The van der Waals surface area contributed by atoms with E-state index in [1.54, 1.807) is 0 Å². The Morgan fingerprint density at radius 2 is 1.54 bits per heavy atom. The van der Waals surface area contributed by atoms with Gasteiger partial charge in [0.15, 0.2) is 0 Å². The Kier molecular flexibility index (Phi) is 4.40. The number of alkyl halides is 6. The summed E-state index contributed by atoms with van der Waals surface area (Å²) in [4.78, 5) is 25.6. The van der Waals surface area contributed by atoms with E-state index in [0.717, 1.165) is 12.8 Å². The van der Waals surface area contributed by atoms with Crippen molar-refractivity contribution in [3.05, 3.63) is 29.3 Å². The topological polar surface area (TPSA) is 49.4 Å². The van der Waals surface area contributed by atoms with Gasteiger partial charge in [0, 0.05) is 24.7 Å². The van der Waals surface area contributed by atoms with Crippen molar-refractivity contribution in [2.75, 3.05) is 11.9 Å². The summed E-state index contributed by atoms with van der Waals surface area (Å²) in [6.45, 7) is 0.125. The number of carbonyl (C=O) groups excluding carboxylic acids is 2. The summed E-state index contributed by atoms with van der Waals surface area (Å²) in [5.74, 6) is -1.80. The van der Waals surface area contributed by atoms with Gasteiger partial charge in [0.05, 0.1) is 17.0 Å². The van der Waals surface area contributed by atoms with Gasteiger partial charge in [-0.3, -0.25) is 9.59 Å². The second-order valence-corrected chi connectivity index (χ2v) is 6.46. The van der Waals surface area contributed by atoms with Gasteiger partial charge in [0.25, 0.3) is 0 Å². The van der Waals surface area contributed by atoms with Crippen LogP contribution >= 0.6 is 0 Å². The fraction of sp³-hybridized carbons (Fsp3) is 0.500. The summed E-state index contributed by atoms with van der Waals surface area (Å²) in [6, 6.07) is 0.972. The minimum atomic E-state index is -4.99. The summed E-state index contributed by atoms with van der Waals surface area (Å²) in [5, 5.41) is 2.09. The number of amides is 2. The number of likely N-dealkylation sites (tertiary alicyclic amines) is 1. The highest BCUT2D eigenvalue weighted by molar-refractivity contribution is 5.97. The Balaban J connectivity index is 1.80. The van der Waals surface area contributed by atoms with Crippen molar-refractivity contribution in [2.24, 2.45) is 5.92 Å². The lowest BCUT2D eigenvalue weighted by Gasteiger charge is -2.17. The molecular weight excluding hydrogens is 366 g/mol. The average Bonchev–Trinajstić information content (AvgIpc) is 3.27. The summed E-state index contributed by atoms with van der Waals surface area (Å²) >= 11 is 0. The molecule has 2 fully saturated rings. The fourth-order valence-corrected chi connectivity index (χ4v) is 2.92. The van der Waals surface area contributed by atoms with Crippen molar-refractivity contribution in [3.8, 4) is 0 Å². The Labute approximate surface area is 144 Å². The molecule has 10 heteroatoms. The molecule has 1 aromatic rings. The summed E-state index contributed by atoms with van der Waals surface area (Å²) in [6.07, 6.45) is -8.42. The van der Waals surface area contributed by atoms with E-state index in [2.05, 4.69) is 5.32 Å². The predicted molar refractivity (Wildman–Crippen MR) is 77.9 cm³/mol.